The van der Waals surface area contributed by atoms with Crippen LogP contribution in [-0.2, 0) is 9.53 Å². The molecular formula is C34H34N2O8S. The standard InChI is InChI=1S/C34H34N2O8S/c1-6-42-33(38)30-21(2)35-34-36(31(30)23-15-16-26(40-4)28(19-23)41-5)32(37)29(45-34)20-22-11-7-8-12-24(22)43-17-18-44-27-14-10-9-13-25(27)39-3/h7-16,19-20,31H,6,17-18H2,1-5H3/b29-20-. The summed E-state index contributed by atoms with van der Waals surface area (Å²) in [4.78, 5) is 32.4. The molecule has 0 saturated heterocycles. The zero-order valence-corrected chi connectivity index (χ0v) is 26.5. The van der Waals surface area contributed by atoms with Gasteiger partial charge in [-0.1, -0.05) is 47.7 Å². The van der Waals surface area contributed by atoms with Crippen LogP contribution in [0.25, 0.3) is 6.08 Å². The Labute approximate surface area is 264 Å². The van der Waals surface area contributed by atoms with Crippen LogP contribution in [0, 0.1) is 0 Å². The maximum absolute atomic E-state index is 14.1. The van der Waals surface area contributed by atoms with Gasteiger partial charge in [-0.05, 0) is 55.8 Å². The van der Waals surface area contributed by atoms with Gasteiger partial charge in [0.2, 0.25) is 0 Å². The highest BCUT2D eigenvalue weighted by molar-refractivity contribution is 7.07. The fourth-order valence-corrected chi connectivity index (χ4v) is 6.08. The molecule has 2 heterocycles. The fraction of sp³-hybridized carbons (Fsp3) is 0.265. The van der Waals surface area contributed by atoms with Gasteiger partial charge in [-0.3, -0.25) is 9.36 Å². The molecule has 45 heavy (non-hydrogen) atoms. The molecular weight excluding hydrogens is 596 g/mol. The van der Waals surface area contributed by atoms with Crippen LogP contribution in [0.5, 0.6) is 28.7 Å². The molecule has 1 atom stereocenters. The van der Waals surface area contributed by atoms with E-state index in [-0.39, 0.29) is 31.0 Å². The molecule has 1 aliphatic rings. The first kappa shape index (κ1) is 31.4. The summed E-state index contributed by atoms with van der Waals surface area (Å²) >= 11 is 1.23. The van der Waals surface area contributed by atoms with Gasteiger partial charge in [0.05, 0.1) is 49.8 Å². The van der Waals surface area contributed by atoms with E-state index in [2.05, 4.69) is 4.99 Å². The summed E-state index contributed by atoms with van der Waals surface area (Å²) in [5, 5.41) is 0. The summed E-state index contributed by atoms with van der Waals surface area (Å²) in [6.07, 6.45) is 1.77. The van der Waals surface area contributed by atoms with Gasteiger partial charge in [-0.2, -0.15) is 0 Å². The van der Waals surface area contributed by atoms with Gasteiger partial charge < -0.3 is 28.4 Å². The minimum absolute atomic E-state index is 0.180. The van der Waals surface area contributed by atoms with E-state index in [0.29, 0.717) is 54.9 Å². The van der Waals surface area contributed by atoms with Crippen molar-refractivity contribution in [2.45, 2.75) is 19.9 Å². The maximum Gasteiger partial charge on any atom is 0.338 e. The highest BCUT2D eigenvalue weighted by Crippen LogP contribution is 2.36. The zero-order valence-electron chi connectivity index (χ0n) is 25.7. The molecule has 0 spiro atoms. The van der Waals surface area contributed by atoms with E-state index in [1.807, 2.05) is 48.5 Å². The van der Waals surface area contributed by atoms with Crippen LogP contribution in [0.15, 0.2) is 87.8 Å². The first-order valence-electron chi connectivity index (χ1n) is 14.3. The van der Waals surface area contributed by atoms with Crippen molar-refractivity contribution in [1.82, 2.24) is 4.57 Å². The second-order valence-corrected chi connectivity index (χ2v) is 10.8. The Bertz CT molecular complexity index is 1910. The van der Waals surface area contributed by atoms with E-state index < -0.39 is 12.0 Å². The van der Waals surface area contributed by atoms with Crippen LogP contribution in [0.3, 0.4) is 0 Å². The number of esters is 1. The number of para-hydroxylation sites is 3. The number of carbonyl (C=O) groups excluding carboxylic acids is 1. The molecule has 4 aromatic rings. The van der Waals surface area contributed by atoms with Gasteiger partial charge in [0.25, 0.3) is 5.56 Å². The third-order valence-electron chi connectivity index (χ3n) is 7.11. The number of benzene rings is 3. The minimum atomic E-state index is -0.791. The molecule has 5 rings (SSSR count). The van der Waals surface area contributed by atoms with Crippen LogP contribution in [0.2, 0.25) is 0 Å². The monoisotopic (exact) mass is 630 g/mol. The summed E-state index contributed by atoms with van der Waals surface area (Å²) in [6, 6.07) is 19.4. The van der Waals surface area contributed by atoms with Crippen LogP contribution in [0.4, 0.5) is 0 Å². The fourth-order valence-electron chi connectivity index (χ4n) is 5.04. The van der Waals surface area contributed by atoms with E-state index in [4.69, 9.17) is 28.4 Å². The Morgan fingerprint density at radius 3 is 2.18 bits per heavy atom. The van der Waals surface area contributed by atoms with Crippen molar-refractivity contribution in [3.8, 4) is 28.7 Å². The summed E-state index contributed by atoms with van der Waals surface area (Å²) in [7, 11) is 4.67. The second kappa shape index (κ2) is 14.2. The number of ether oxygens (including phenoxy) is 6. The van der Waals surface area contributed by atoms with Gasteiger partial charge >= 0.3 is 5.97 Å². The normalized spacial score (nSPS) is 14.3. The molecule has 0 saturated carbocycles. The first-order chi connectivity index (χ1) is 21.9. The number of hydrogen-bond donors (Lipinski definition) is 0. The van der Waals surface area contributed by atoms with Crippen LogP contribution >= 0.6 is 11.3 Å². The lowest BCUT2D eigenvalue weighted by Gasteiger charge is -2.25. The number of allylic oxidation sites excluding steroid dienone is 1. The number of rotatable bonds is 12. The topological polar surface area (TPSA) is 107 Å². The highest BCUT2D eigenvalue weighted by atomic mass is 32.1. The summed E-state index contributed by atoms with van der Waals surface area (Å²) in [5.74, 6) is 2.31. The van der Waals surface area contributed by atoms with Crippen molar-refractivity contribution in [2.75, 3.05) is 41.2 Å². The number of fused-ring (bicyclic) bond motifs is 1. The number of carbonyl (C=O) groups is 1. The highest BCUT2D eigenvalue weighted by Gasteiger charge is 2.34. The molecule has 3 aromatic carbocycles. The van der Waals surface area contributed by atoms with Crippen molar-refractivity contribution in [2.24, 2.45) is 4.99 Å². The van der Waals surface area contributed by atoms with Gasteiger partial charge in [0.1, 0.15) is 19.0 Å². The SMILES string of the molecule is CCOC(=O)C1=C(C)N=c2s/c(=C\c3ccccc3OCCOc3ccccc3OC)c(=O)n2C1c1ccc(OC)c(OC)c1. The molecule has 1 unspecified atom stereocenters. The summed E-state index contributed by atoms with van der Waals surface area (Å²) < 4.78 is 35.5. The molecule has 1 aliphatic heterocycles. The smallest absolute Gasteiger partial charge is 0.338 e. The largest absolute Gasteiger partial charge is 0.493 e. The molecule has 0 amide bonds. The molecule has 10 nitrogen and oxygen atoms in total. The molecule has 0 radical (unpaired) electrons. The van der Waals surface area contributed by atoms with Crippen molar-refractivity contribution >= 4 is 23.4 Å². The van der Waals surface area contributed by atoms with Crippen molar-refractivity contribution in [1.29, 1.82) is 0 Å². The predicted octanol–water partition coefficient (Wildman–Crippen LogP) is 4.28. The van der Waals surface area contributed by atoms with Gasteiger partial charge in [-0.15, -0.1) is 0 Å². The lowest BCUT2D eigenvalue weighted by molar-refractivity contribution is -0.139. The zero-order chi connectivity index (χ0) is 31.9. The second-order valence-electron chi connectivity index (χ2n) is 9.80. The molecule has 234 valence electrons. The molecule has 11 heteroatoms. The maximum atomic E-state index is 14.1. The van der Waals surface area contributed by atoms with Crippen molar-refractivity contribution < 1.29 is 33.2 Å². The van der Waals surface area contributed by atoms with E-state index in [9.17, 15) is 9.59 Å². The Balaban J connectivity index is 1.51. The molecule has 1 aromatic heterocycles. The number of methoxy groups -OCH3 is 3. The Kier molecular flexibility index (Phi) is 9.89. The summed E-state index contributed by atoms with van der Waals surface area (Å²) in [6.45, 7) is 4.22. The number of nitrogens with zero attached hydrogens (tertiary/aromatic N) is 2. The molecule has 0 fully saturated rings. The number of aromatic nitrogens is 1. The summed E-state index contributed by atoms with van der Waals surface area (Å²) in [5.41, 5.74) is 1.81. The molecule has 0 bridgehead atoms. The van der Waals surface area contributed by atoms with E-state index in [1.165, 1.54) is 23.0 Å². The van der Waals surface area contributed by atoms with Gasteiger partial charge in [-0.25, -0.2) is 9.79 Å². The molecule has 0 N–H and O–H groups in total. The number of thiazole rings is 1. The third-order valence-corrected chi connectivity index (χ3v) is 8.10. The van der Waals surface area contributed by atoms with Crippen LogP contribution in [0.1, 0.15) is 31.0 Å². The third kappa shape index (κ3) is 6.58. The Morgan fingerprint density at radius 1 is 0.867 bits per heavy atom. The van der Waals surface area contributed by atoms with E-state index >= 15 is 0 Å². The quantitative estimate of drug-likeness (QED) is 0.169. The van der Waals surface area contributed by atoms with Crippen molar-refractivity contribution in [3.05, 3.63) is 109 Å². The van der Waals surface area contributed by atoms with E-state index in [0.717, 1.165) is 0 Å². The average Bonchev–Trinajstić information content (AvgIpc) is 3.36. The van der Waals surface area contributed by atoms with Gasteiger partial charge in [0, 0.05) is 5.56 Å². The van der Waals surface area contributed by atoms with Crippen LogP contribution in [-0.4, -0.2) is 51.7 Å². The first-order valence-corrected chi connectivity index (χ1v) is 15.1. The molecule has 0 aliphatic carbocycles. The lowest BCUT2D eigenvalue weighted by atomic mass is 9.95. The average molecular weight is 631 g/mol. The van der Waals surface area contributed by atoms with Crippen LogP contribution < -0.4 is 38.6 Å². The Morgan fingerprint density at radius 2 is 1.49 bits per heavy atom. The Hall–Kier alpha value is -5.03. The lowest BCUT2D eigenvalue weighted by Crippen LogP contribution is -2.40. The van der Waals surface area contributed by atoms with Crippen molar-refractivity contribution in [3.63, 3.8) is 0 Å². The van der Waals surface area contributed by atoms with Gasteiger partial charge in [0.15, 0.2) is 27.8 Å². The number of hydrogen-bond acceptors (Lipinski definition) is 10. The van der Waals surface area contributed by atoms with E-state index in [1.54, 1.807) is 52.3 Å². The minimum Gasteiger partial charge on any atom is -0.493 e. The predicted molar refractivity (Wildman–Crippen MR) is 170 cm³/mol.